The normalized spacial score (nSPS) is 14.6. The smallest absolute Gasteiger partial charge is 0.348 e. The van der Waals surface area contributed by atoms with Gasteiger partial charge in [-0.15, -0.1) is 11.3 Å². The van der Waals surface area contributed by atoms with E-state index in [1.807, 2.05) is 18.4 Å². The molecule has 140 valence electrons. The molecule has 0 radical (unpaired) electrons. The van der Waals surface area contributed by atoms with Crippen LogP contribution in [0.3, 0.4) is 0 Å². The minimum absolute atomic E-state index is 0.132. The number of thiophene rings is 1. The van der Waals surface area contributed by atoms with Gasteiger partial charge in [0, 0.05) is 0 Å². The minimum Gasteiger partial charge on any atom is -0.348 e. The van der Waals surface area contributed by atoms with Crippen LogP contribution in [0.15, 0.2) is 40.5 Å². The van der Waals surface area contributed by atoms with Crippen LogP contribution in [0.2, 0.25) is 0 Å². The van der Waals surface area contributed by atoms with Gasteiger partial charge in [-0.3, -0.25) is 4.79 Å². The highest BCUT2D eigenvalue weighted by atomic mass is 32.1. The summed E-state index contributed by atoms with van der Waals surface area (Å²) in [6.45, 7) is 1.80. The van der Waals surface area contributed by atoms with Crippen molar-refractivity contribution in [1.82, 2.24) is 25.1 Å². The molecule has 1 aliphatic carbocycles. The zero-order chi connectivity index (χ0) is 18.8. The van der Waals surface area contributed by atoms with E-state index in [1.165, 1.54) is 40.0 Å². The second-order valence-electron chi connectivity index (χ2n) is 6.81. The molecular formula is C19H21N5O2S. The number of aryl methyl sites for hydroxylation is 2. The van der Waals surface area contributed by atoms with Crippen molar-refractivity contribution in [2.75, 3.05) is 0 Å². The number of fused-ring (bicyclic) bond motifs is 1. The number of hydrogen-bond donors (Lipinski definition) is 1. The van der Waals surface area contributed by atoms with Gasteiger partial charge in [-0.05, 0) is 77.2 Å². The quantitative estimate of drug-likeness (QED) is 0.733. The number of nitrogens with one attached hydrogen (secondary N) is 1. The van der Waals surface area contributed by atoms with Gasteiger partial charge >= 0.3 is 5.69 Å². The van der Waals surface area contributed by atoms with Crippen LogP contribution in [0.25, 0.3) is 5.00 Å². The second-order valence-corrected chi connectivity index (χ2v) is 7.73. The molecule has 8 heteroatoms. The lowest BCUT2D eigenvalue weighted by Crippen LogP contribution is -2.34. The largest absolute Gasteiger partial charge is 0.369 e. The van der Waals surface area contributed by atoms with Gasteiger partial charge in [0.15, 0.2) is 0 Å². The van der Waals surface area contributed by atoms with Gasteiger partial charge in [0.1, 0.15) is 11.5 Å². The summed E-state index contributed by atoms with van der Waals surface area (Å²) >= 11 is 1.39. The Balaban J connectivity index is 1.43. The average Bonchev–Trinajstić information content (AvgIpc) is 3.32. The molecule has 0 saturated heterocycles. The number of carbonyl (C=O) groups is 1. The number of nitrogens with zero attached hydrogens (tertiary/aromatic N) is 4. The van der Waals surface area contributed by atoms with Gasteiger partial charge in [-0.25, -0.2) is 4.79 Å². The van der Waals surface area contributed by atoms with Crippen molar-refractivity contribution in [3.8, 4) is 5.00 Å². The number of carbonyl (C=O) groups excluding carboxylic acids is 1. The maximum Gasteiger partial charge on any atom is 0.369 e. The van der Waals surface area contributed by atoms with Crippen molar-refractivity contribution in [2.45, 2.75) is 45.2 Å². The second kappa shape index (κ2) is 7.48. The molecule has 27 heavy (non-hydrogen) atoms. The first kappa shape index (κ1) is 17.7. The number of tetrazole rings is 1. The lowest BCUT2D eigenvalue weighted by molar-refractivity contribution is -0.122. The van der Waals surface area contributed by atoms with E-state index >= 15 is 0 Å². The Morgan fingerprint density at radius 3 is 2.81 bits per heavy atom. The van der Waals surface area contributed by atoms with Crippen molar-refractivity contribution < 1.29 is 4.79 Å². The maximum absolute atomic E-state index is 12.4. The van der Waals surface area contributed by atoms with Gasteiger partial charge in [0.2, 0.25) is 5.91 Å². The molecule has 0 aliphatic heterocycles. The van der Waals surface area contributed by atoms with Crippen LogP contribution >= 0.6 is 11.3 Å². The predicted octanol–water partition coefficient (Wildman–Crippen LogP) is 2.25. The van der Waals surface area contributed by atoms with E-state index in [9.17, 15) is 9.59 Å². The third-order valence-corrected chi connectivity index (χ3v) is 5.74. The lowest BCUT2D eigenvalue weighted by Gasteiger charge is -2.20. The Hall–Kier alpha value is -2.74. The lowest BCUT2D eigenvalue weighted by atomic mass is 9.89. The summed E-state index contributed by atoms with van der Waals surface area (Å²) in [5.41, 5.74) is 3.46. The number of amides is 1. The third-order valence-electron chi connectivity index (χ3n) is 4.90. The number of benzene rings is 1. The fraction of sp³-hybridized carbons (Fsp3) is 0.368. The van der Waals surface area contributed by atoms with Crippen LogP contribution in [0.5, 0.6) is 0 Å². The van der Waals surface area contributed by atoms with Crippen LogP contribution < -0.4 is 11.0 Å². The zero-order valence-corrected chi connectivity index (χ0v) is 15.9. The van der Waals surface area contributed by atoms with Gasteiger partial charge in [0.25, 0.3) is 0 Å². The highest BCUT2D eigenvalue weighted by Gasteiger charge is 2.16. The van der Waals surface area contributed by atoms with Crippen LogP contribution in [0.1, 0.15) is 42.5 Å². The van der Waals surface area contributed by atoms with Gasteiger partial charge < -0.3 is 5.32 Å². The standard InChI is InChI=1S/C19H21N5O2S/c1-13(15-9-8-14-5-2-3-6-16(14)11-15)20-17(25)12-23-19(26)24(22-21-23)18-7-4-10-27-18/h4,7-11,13H,2-3,5-6,12H2,1H3,(H,20,25)/t13-/m1/s1. The van der Waals surface area contributed by atoms with Crippen molar-refractivity contribution >= 4 is 17.2 Å². The van der Waals surface area contributed by atoms with Gasteiger partial charge in [-0.2, -0.15) is 9.36 Å². The molecule has 7 nitrogen and oxygen atoms in total. The molecule has 2 aromatic heterocycles. The number of rotatable bonds is 5. The van der Waals surface area contributed by atoms with E-state index < -0.39 is 5.69 Å². The molecular weight excluding hydrogens is 362 g/mol. The molecule has 1 aromatic carbocycles. The summed E-state index contributed by atoms with van der Waals surface area (Å²) in [5, 5.41) is 13.1. The number of hydrogen-bond acceptors (Lipinski definition) is 5. The average molecular weight is 383 g/mol. The molecule has 1 amide bonds. The molecule has 0 bridgehead atoms. The summed E-state index contributed by atoms with van der Waals surface area (Å²) in [4.78, 5) is 24.7. The Bertz CT molecular complexity index is 1010. The first-order valence-corrected chi connectivity index (χ1v) is 9.97. The SMILES string of the molecule is C[C@@H](NC(=O)Cn1nnn(-c2cccs2)c1=O)c1ccc2c(c1)CCCC2. The first-order chi connectivity index (χ1) is 13.1. The summed E-state index contributed by atoms with van der Waals surface area (Å²) in [5.74, 6) is -0.263. The molecule has 1 aliphatic rings. The highest BCUT2D eigenvalue weighted by molar-refractivity contribution is 7.12. The molecule has 0 spiro atoms. The fourth-order valence-corrected chi connectivity index (χ4v) is 4.10. The van der Waals surface area contributed by atoms with Crippen LogP contribution in [0.4, 0.5) is 0 Å². The van der Waals surface area contributed by atoms with Gasteiger partial charge in [-0.1, -0.05) is 18.2 Å². The summed E-state index contributed by atoms with van der Waals surface area (Å²) in [6.07, 6.45) is 4.71. The zero-order valence-electron chi connectivity index (χ0n) is 15.1. The van der Waals surface area contributed by atoms with E-state index in [0.29, 0.717) is 5.00 Å². The van der Waals surface area contributed by atoms with E-state index in [4.69, 9.17) is 0 Å². The molecule has 2 heterocycles. The van der Waals surface area contributed by atoms with Crippen molar-refractivity contribution in [3.63, 3.8) is 0 Å². The predicted molar refractivity (Wildman–Crippen MR) is 103 cm³/mol. The molecule has 1 atom stereocenters. The van der Waals surface area contributed by atoms with Crippen LogP contribution in [0, 0.1) is 0 Å². The topological polar surface area (TPSA) is 81.8 Å². The monoisotopic (exact) mass is 383 g/mol. The van der Waals surface area contributed by atoms with Crippen molar-refractivity contribution in [1.29, 1.82) is 0 Å². The molecule has 4 rings (SSSR count). The van der Waals surface area contributed by atoms with E-state index in [1.54, 1.807) is 6.07 Å². The maximum atomic E-state index is 12.4. The molecule has 0 fully saturated rings. The molecule has 0 saturated carbocycles. The third kappa shape index (κ3) is 3.71. The fourth-order valence-electron chi connectivity index (χ4n) is 3.43. The minimum atomic E-state index is -0.422. The molecule has 3 aromatic rings. The number of aromatic nitrogens is 4. The summed E-state index contributed by atoms with van der Waals surface area (Å²) < 4.78 is 2.28. The summed E-state index contributed by atoms with van der Waals surface area (Å²) in [7, 11) is 0. The van der Waals surface area contributed by atoms with Crippen LogP contribution in [-0.2, 0) is 24.2 Å². The van der Waals surface area contributed by atoms with E-state index in [2.05, 4.69) is 33.9 Å². The van der Waals surface area contributed by atoms with E-state index in [-0.39, 0.29) is 18.5 Å². The van der Waals surface area contributed by atoms with E-state index in [0.717, 1.165) is 23.1 Å². The Morgan fingerprint density at radius 2 is 2.04 bits per heavy atom. The summed E-state index contributed by atoms with van der Waals surface area (Å²) in [6, 6.07) is 9.92. The van der Waals surface area contributed by atoms with Crippen LogP contribution in [-0.4, -0.2) is 25.7 Å². The Kier molecular flexibility index (Phi) is 4.89. The van der Waals surface area contributed by atoms with Gasteiger partial charge in [0.05, 0.1) is 6.04 Å². The Labute approximate surface area is 160 Å². The highest BCUT2D eigenvalue weighted by Crippen LogP contribution is 2.24. The molecule has 0 unspecified atom stereocenters. The Morgan fingerprint density at radius 1 is 1.22 bits per heavy atom. The van der Waals surface area contributed by atoms with Crippen molar-refractivity contribution in [2.24, 2.45) is 0 Å². The first-order valence-electron chi connectivity index (χ1n) is 9.09. The van der Waals surface area contributed by atoms with Crippen molar-refractivity contribution in [3.05, 3.63) is 62.9 Å². The molecule has 1 N–H and O–H groups in total.